The van der Waals surface area contributed by atoms with Gasteiger partial charge in [-0.05, 0) is 36.8 Å². The first-order valence-electron chi connectivity index (χ1n) is 6.41. The van der Waals surface area contributed by atoms with Gasteiger partial charge in [0, 0.05) is 16.1 Å². The molecule has 1 unspecified atom stereocenters. The zero-order valence-corrected chi connectivity index (χ0v) is 12.5. The number of nitrogens with zero attached hydrogens (tertiary/aromatic N) is 1. The quantitative estimate of drug-likeness (QED) is 0.797. The normalized spacial score (nSPS) is 11.5. The van der Waals surface area contributed by atoms with Crippen LogP contribution in [-0.2, 0) is 0 Å². The highest BCUT2D eigenvalue weighted by Gasteiger charge is 2.25. The van der Waals surface area contributed by atoms with Gasteiger partial charge in [-0.1, -0.05) is 29.8 Å². The fourth-order valence-corrected chi connectivity index (χ4v) is 2.46. The van der Waals surface area contributed by atoms with Crippen molar-refractivity contribution in [2.24, 2.45) is 0 Å². The molecule has 0 saturated carbocycles. The number of Topliss-reactive ketones (excluding diaryl/α,β-unsaturated/α-hetero) is 1. The van der Waals surface area contributed by atoms with Crippen LogP contribution in [0.25, 0.3) is 0 Å². The number of methoxy groups -OCH3 is 1. The molecule has 4 heteroatoms. The molecule has 0 bridgehead atoms. The zero-order chi connectivity index (χ0) is 15.4. The lowest BCUT2D eigenvalue weighted by Gasteiger charge is -2.14. The molecular formula is C17H14ClNO2. The molecule has 0 radical (unpaired) electrons. The average Bonchev–Trinajstić information content (AvgIpc) is 2.48. The second kappa shape index (κ2) is 6.43. The second-order valence-corrected chi connectivity index (χ2v) is 5.06. The van der Waals surface area contributed by atoms with Crippen LogP contribution in [0.2, 0.25) is 5.02 Å². The van der Waals surface area contributed by atoms with E-state index in [4.69, 9.17) is 16.3 Å². The standard InChI is InChI=1S/C17H14ClNO2/c1-11-9-12(18)7-8-13(11)17(20)15(10-19)14-5-3-4-6-16(14)21-2/h3-9,15H,1-2H3. The lowest BCUT2D eigenvalue weighted by atomic mass is 9.89. The van der Waals surface area contributed by atoms with E-state index >= 15 is 0 Å². The number of nitriles is 1. The molecule has 2 aromatic rings. The van der Waals surface area contributed by atoms with Crippen molar-refractivity contribution in [2.75, 3.05) is 7.11 Å². The molecule has 0 N–H and O–H groups in total. The van der Waals surface area contributed by atoms with Gasteiger partial charge in [-0.15, -0.1) is 0 Å². The van der Waals surface area contributed by atoms with E-state index in [9.17, 15) is 10.1 Å². The van der Waals surface area contributed by atoms with Gasteiger partial charge in [-0.2, -0.15) is 5.26 Å². The molecule has 0 aliphatic carbocycles. The van der Waals surface area contributed by atoms with Crippen LogP contribution in [0.15, 0.2) is 42.5 Å². The van der Waals surface area contributed by atoms with E-state index in [1.807, 2.05) is 0 Å². The van der Waals surface area contributed by atoms with E-state index in [0.29, 0.717) is 21.9 Å². The van der Waals surface area contributed by atoms with Gasteiger partial charge in [-0.25, -0.2) is 0 Å². The summed E-state index contributed by atoms with van der Waals surface area (Å²) in [6, 6.07) is 14.1. The van der Waals surface area contributed by atoms with Crippen LogP contribution < -0.4 is 4.74 Å². The summed E-state index contributed by atoms with van der Waals surface area (Å²) < 4.78 is 5.24. The number of benzene rings is 2. The largest absolute Gasteiger partial charge is 0.496 e. The molecule has 0 spiro atoms. The summed E-state index contributed by atoms with van der Waals surface area (Å²) in [6.45, 7) is 1.80. The first-order chi connectivity index (χ1) is 10.1. The first kappa shape index (κ1) is 15.1. The van der Waals surface area contributed by atoms with Crippen LogP contribution in [0, 0.1) is 18.3 Å². The minimum atomic E-state index is -0.902. The van der Waals surface area contributed by atoms with Crippen LogP contribution in [-0.4, -0.2) is 12.9 Å². The number of hydrogen-bond acceptors (Lipinski definition) is 3. The van der Waals surface area contributed by atoms with E-state index in [-0.39, 0.29) is 5.78 Å². The summed E-state index contributed by atoms with van der Waals surface area (Å²) in [5.41, 5.74) is 1.82. The Labute approximate surface area is 128 Å². The van der Waals surface area contributed by atoms with Crippen molar-refractivity contribution >= 4 is 17.4 Å². The van der Waals surface area contributed by atoms with Gasteiger partial charge >= 0.3 is 0 Å². The molecule has 0 heterocycles. The van der Waals surface area contributed by atoms with Gasteiger partial charge in [0.05, 0.1) is 13.2 Å². The zero-order valence-electron chi connectivity index (χ0n) is 11.8. The fourth-order valence-electron chi connectivity index (χ4n) is 2.23. The number of aryl methyl sites for hydroxylation is 1. The van der Waals surface area contributed by atoms with E-state index in [1.165, 1.54) is 7.11 Å². The number of carbonyl (C=O) groups is 1. The van der Waals surface area contributed by atoms with Crippen molar-refractivity contribution in [1.82, 2.24) is 0 Å². The summed E-state index contributed by atoms with van der Waals surface area (Å²) in [4.78, 5) is 12.7. The maximum Gasteiger partial charge on any atom is 0.184 e. The van der Waals surface area contributed by atoms with Gasteiger partial charge < -0.3 is 4.74 Å². The van der Waals surface area contributed by atoms with Crippen molar-refractivity contribution in [3.05, 3.63) is 64.2 Å². The highest BCUT2D eigenvalue weighted by atomic mass is 35.5. The van der Waals surface area contributed by atoms with Crippen LogP contribution in [0.1, 0.15) is 27.4 Å². The van der Waals surface area contributed by atoms with Crippen molar-refractivity contribution in [3.63, 3.8) is 0 Å². The average molecular weight is 300 g/mol. The SMILES string of the molecule is COc1ccccc1C(C#N)C(=O)c1ccc(Cl)cc1C. The van der Waals surface area contributed by atoms with Crippen LogP contribution in [0.4, 0.5) is 0 Å². The van der Waals surface area contributed by atoms with Crippen LogP contribution in [0.5, 0.6) is 5.75 Å². The molecule has 2 aromatic carbocycles. The number of ether oxygens (including phenoxy) is 1. The third-order valence-electron chi connectivity index (χ3n) is 3.30. The molecule has 0 aromatic heterocycles. The van der Waals surface area contributed by atoms with Crippen LogP contribution >= 0.6 is 11.6 Å². The Morgan fingerprint density at radius 1 is 1.29 bits per heavy atom. The molecule has 3 nitrogen and oxygen atoms in total. The molecule has 21 heavy (non-hydrogen) atoms. The minimum Gasteiger partial charge on any atom is -0.496 e. The Morgan fingerprint density at radius 3 is 2.62 bits per heavy atom. The predicted octanol–water partition coefficient (Wildman–Crippen LogP) is 4.15. The molecule has 0 saturated heterocycles. The first-order valence-corrected chi connectivity index (χ1v) is 6.79. The molecule has 0 amide bonds. The molecule has 0 aliphatic heterocycles. The lowest BCUT2D eigenvalue weighted by molar-refractivity contribution is 0.0977. The number of rotatable bonds is 4. The number of carbonyl (C=O) groups excluding carboxylic acids is 1. The molecule has 0 fully saturated rings. The summed E-state index contributed by atoms with van der Waals surface area (Å²) in [7, 11) is 1.52. The summed E-state index contributed by atoms with van der Waals surface area (Å²) in [6.07, 6.45) is 0. The fraction of sp³-hybridized carbons (Fsp3) is 0.176. The third kappa shape index (κ3) is 3.07. The Hall–Kier alpha value is -2.31. The smallest absolute Gasteiger partial charge is 0.184 e. The number of ketones is 1. The van der Waals surface area contributed by atoms with Gasteiger partial charge in [0.1, 0.15) is 11.7 Å². The predicted molar refractivity (Wildman–Crippen MR) is 81.9 cm³/mol. The van der Waals surface area contributed by atoms with Crippen LogP contribution in [0.3, 0.4) is 0 Å². The summed E-state index contributed by atoms with van der Waals surface area (Å²) >= 11 is 5.90. The Kier molecular flexibility index (Phi) is 4.62. The molecule has 2 rings (SSSR count). The molecule has 1 atom stereocenters. The number of halogens is 1. The summed E-state index contributed by atoms with van der Waals surface area (Å²) in [5, 5.41) is 9.99. The maximum absolute atomic E-state index is 12.7. The van der Waals surface area contributed by atoms with Gasteiger partial charge in [0.15, 0.2) is 5.78 Å². The van der Waals surface area contributed by atoms with Gasteiger partial charge in [0.2, 0.25) is 0 Å². The lowest BCUT2D eigenvalue weighted by Crippen LogP contribution is -2.13. The van der Waals surface area contributed by atoms with Gasteiger partial charge in [0.25, 0.3) is 0 Å². The van der Waals surface area contributed by atoms with Crippen molar-refractivity contribution in [1.29, 1.82) is 5.26 Å². The maximum atomic E-state index is 12.7. The monoisotopic (exact) mass is 299 g/mol. The highest BCUT2D eigenvalue weighted by Crippen LogP contribution is 2.30. The second-order valence-electron chi connectivity index (χ2n) is 4.63. The Morgan fingerprint density at radius 2 is 2.00 bits per heavy atom. The van der Waals surface area contributed by atoms with E-state index in [1.54, 1.807) is 49.4 Å². The third-order valence-corrected chi connectivity index (χ3v) is 3.53. The Balaban J connectivity index is 2.46. The number of hydrogen-bond donors (Lipinski definition) is 0. The minimum absolute atomic E-state index is 0.254. The van der Waals surface area contributed by atoms with E-state index < -0.39 is 5.92 Å². The molecule has 106 valence electrons. The Bertz CT molecular complexity index is 719. The van der Waals surface area contributed by atoms with E-state index in [0.717, 1.165) is 5.56 Å². The highest BCUT2D eigenvalue weighted by molar-refractivity contribution is 6.30. The van der Waals surface area contributed by atoms with Crippen molar-refractivity contribution in [2.45, 2.75) is 12.8 Å². The van der Waals surface area contributed by atoms with Crippen molar-refractivity contribution in [3.8, 4) is 11.8 Å². The number of para-hydroxylation sites is 1. The summed E-state index contributed by atoms with van der Waals surface area (Å²) in [5.74, 6) is -0.624. The van der Waals surface area contributed by atoms with Crippen molar-refractivity contribution < 1.29 is 9.53 Å². The van der Waals surface area contributed by atoms with Gasteiger partial charge in [-0.3, -0.25) is 4.79 Å². The molecular weight excluding hydrogens is 286 g/mol. The molecule has 0 aliphatic rings. The topological polar surface area (TPSA) is 50.1 Å². The van der Waals surface area contributed by atoms with E-state index in [2.05, 4.69) is 6.07 Å².